The zero-order valence-electron chi connectivity index (χ0n) is 11.6. The molecule has 0 saturated carbocycles. The van der Waals surface area contributed by atoms with Crippen molar-refractivity contribution in [1.82, 2.24) is 15.5 Å². The van der Waals surface area contributed by atoms with Crippen LogP contribution in [0.2, 0.25) is 0 Å². The molecule has 0 radical (unpaired) electrons. The van der Waals surface area contributed by atoms with Gasteiger partial charge in [-0.2, -0.15) is 0 Å². The van der Waals surface area contributed by atoms with Gasteiger partial charge in [0, 0.05) is 24.9 Å². The van der Waals surface area contributed by atoms with E-state index in [2.05, 4.69) is 20.8 Å². The van der Waals surface area contributed by atoms with Crippen LogP contribution in [0.4, 0.5) is 11.7 Å². The van der Waals surface area contributed by atoms with Crippen LogP contribution in [0.3, 0.4) is 0 Å². The molecule has 0 bridgehead atoms. The standard InChI is InChI=1S/C13H17N5O3/c1-20-7-6-15-8-11-17-18-13(21-11)16-10-4-2-9(3-5-10)12(14)19/h2-5,15H,6-8H2,1H3,(H2,14,19)(H,16,18). The number of nitrogens with one attached hydrogen (secondary N) is 2. The van der Waals surface area contributed by atoms with Gasteiger partial charge in [0.1, 0.15) is 0 Å². The van der Waals surface area contributed by atoms with E-state index >= 15 is 0 Å². The van der Waals surface area contributed by atoms with E-state index in [1.807, 2.05) is 0 Å². The lowest BCUT2D eigenvalue weighted by Crippen LogP contribution is -2.18. The summed E-state index contributed by atoms with van der Waals surface area (Å²) in [6.45, 7) is 1.79. The number of nitrogens with zero attached hydrogens (tertiary/aromatic N) is 2. The Balaban J connectivity index is 1.88. The fraction of sp³-hybridized carbons (Fsp3) is 0.308. The molecular weight excluding hydrogens is 274 g/mol. The van der Waals surface area contributed by atoms with E-state index in [1.165, 1.54) is 0 Å². The highest BCUT2D eigenvalue weighted by molar-refractivity contribution is 5.93. The largest absolute Gasteiger partial charge is 0.406 e. The Hall–Kier alpha value is -2.45. The molecule has 1 heterocycles. The number of amides is 1. The molecule has 0 aliphatic rings. The zero-order valence-corrected chi connectivity index (χ0v) is 11.6. The summed E-state index contributed by atoms with van der Waals surface area (Å²) in [7, 11) is 1.64. The minimum atomic E-state index is -0.469. The first kappa shape index (κ1) is 14.9. The van der Waals surface area contributed by atoms with Crippen LogP contribution in [-0.2, 0) is 11.3 Å². The fourth-order valence-electron chi connectivity index (χ4n) is 1.59. The lowest BCUT2D eigenvalue weighted by molar-refractivity contribution is 0.100. The van der Waals surface area contributed by atoms with Crippen molar-refractivity contribution in [3.05, 3.63) is 35.7 Å². The molecule has 4 N–H and O–H groups in total. The minimum absolute atomic E-state index is 0.283. The van der Waals surface area contributed by atoms with E-state index in [0.29, 0.717) is 31.2 Å². The first-order valence-corrected chi connectivity index (χ1v) is 6.38. The molecule has 0 saturated heterocycles. The van der Waals surface area contributed by atoms with Crippen LogP contribution < -0.4 is 16.4 Å². The van der Waals surface area contributed by atoms with Gasteiger partial charge in [-0.15, -0.1) is 5.10 Å². The van der Waals surface area contributed by atoms with Gasteiger partial charge in [-0.05, 0) is 24.3 Å². The molecule has 1 aromatic carbocycles. The van der Waals surface area contributed by atoms with Gasteiger partial charge in [0.2, 0.25) is 11.8 Å². The van der Waals surface area contributed by atoms with Crippen LogP contribution >= 0.6 is 0 Å². The lowest BCUT2D eigenvalue weighted by Gasteiger charge is -2.02. The van der Waals surface area contributed by atoms with Crippen molar-refractivity contribution in [3.8, 4) is 0 Å². The molecule has 0 spiro atoms. The molecule has 0 unspecified atom stereocenters. The molecular formula is C13H17N5O3. The summed E-state index contributed by atoms with van der Waals surface area (Å²) in [5.41, 5.74) is 6.34. The predicted molar refractivity (Wildman–Crippen MR) is 76.1 cm³/mol. The van der Waals surface area contributed by atoms with Crippen molar-refractivity contribution in [3.63, 3.8) is 0 Å². The van der Waals surface area contributed by atoms with Crippen LogP contribution in [0.5, 0.6) is 0 Å². The molecule has 1 amide bonds. The minimum Gasteiger partial charge on any atom is -0.406 e. The Morgan fingerprint density at radius 2 is 2.10 bits per heavy atom. The van der Waals surface area contributed by atoms with Gasteiger partial charge in [-0.25, -0.2) is 0 Å². The van der Waals surface area contributed by atoms with E-state index < -0.39 is 5.91 Å². The number of carbonyl (C=O) groups is 1. The van der Waals surface area contributed by atoms with Crippen LogP contribution in [0.1, 0.15) is 16.2 Å². The predicted octanol–water partition coefficient (Wildman–Crippen LogP) is 0.648. The molecule has 8 heteroatoms. The highest BCUT2D eigenvalue weighted by atomic mass is 16.5. The van der Waals surface area contributed by atoms with E-state index in [4.69, 9.17) is 14.9 Å². The number of primary amides is 1. The summed E-state index contributed by atoms with van der Waals surface area (Å²) in [5.74, 6) is 0.00567. The Morgan fingerprint density at radius 1 is 1.33 bits per heavy atom. The Bertz CT molecular complexity index is 582. The topological polar surface area (TPSA) is 115 Å². The summed E-state index contributed by atoms with van der Waals surface area (Å²) < 4.78 is 10.3. The zero-order chi connectivity index (χ0) is 15.1. The highest BCUT2D eigenvalue weighted by Crippen LogP contribution is 2.15. The van der Waals surface area contributed by atoms with Crippen LogP contribution in [0.15, 0.2) is 28.7 Å². The van der Waals surface area contributed by atoms with Crippen molar-refractivity contribution in [2.75, 3.05) is 25.6 Å². The van der Waals surface area contributed by atoms with Crippen LogP contribution in [0, 0.1) is 0 Å². The maximum Gasteiger partial charge on any atom is 0.320 e. The van der Waals surface area contributed by atoms with Crippen molar-refractivity contribution in [2.45, 2.75) is 6.54 Å². The number of nitrogens with two attached hydrogens (primary N) is 1. The molecule has 112 valence electrons. The maximum atomic E-state index is 11.0. The summed E-state index contributed by atoms with van der Waals surface area (Å²) in [6, 6.07) is 6.94. The van der Waals surface area contributed by atoms with E-state index in [-0.39, 0.29) is 6.01 Å². The Morgan fingerprint density at radius 3 is 2.76 bits per heavy atom. The number of rotatable bonds is 8. The SMILES string of the molecule is COCCNCc1nnc(Nc2ccc(C(N)=O)cc2)o1. The summed E-state index contributed by atoms with van der Waals surface area (Å²) in [5, 5.41) is 13.8. The van der Waals surface area contributed by atoms with Gasteiger partial charge in [-0.3, -0.25) is 4.79 Å². The normalized spacial score (nSPS) is 10.5. The third-order valence-corrected chi connectivity index (χ3v) is 2.65. The van der Waals surface area contributed by atoms with Gasteiger partial charge in [-0.1, -0.05) is 5.10 Å². The number of carbonyl (C=O) groups excluding carboxylic acids is 1. The maximum absolute atomic E-state index is 11.0. The number of benzene rings is 1. The average molecular weight is 291 g/mol. The molecule has 2 rings (SSSR count). The molecule has 2 aromatic rings. The van der Waals surface area contributed by atoms with Gasteiger partial charge in [0.15, 0.2) is 0 Å². The molecule has 0 fully saturated rings. The number of hydrogen-bond donors (Lipinski definition) is 3. The van der Waals surface area contributed by atoms with Gasteiger partial charge < -0.3 is 25.5 Å². The molecule has 8 nitrogen and oxygen atoms in total. The quantitative estimate of drug-likeness (QED) is 0.611. The number of anilines is 2. The lowest BCUT2D eigenvalue weighted by atomic mass is 10.2. The second-order valence-corrected chi connectivity index (χ2v) is 4.24. The Labute approximate surface area is 121 Å². The molecule has 21 heavy (non-hydrogen) atoms. The van der Waals surface area contributed by atoms with Gasteiger partial charge in [0.05, 0.1) is 13.2 Å². The van der Waals surface area contributed by atoms with E-state index in [9.17, 15) is 4.79 Å². The number of ether oxygens (including phenoxy) is 1. The monoisotopic (exact) mass is 291 g/mol. The van der Waals surface area contributed by atoms with Crippen molar-refractivity contribution in [2.24, 2.45) is 5.73 Å². The Kier molecular flexibility index (Phi) is 5.24. The van der Waals surface area contributed by atoms with Gasteiger partial charge >= 0.3 is 6.01 Å². The number of methoxy groups -OCH3 is 1. The second-order valence-electron chi connectivity index (χ2n) is 4.24. The molecule has 0 aliphatic carbocycles. The summed E-state index contributed by atoms with van der Waals surface area (Å²) in [4.78, 5) is 11.0. The average Bonchev–Trinajstić information content (AvgIpc) is 2.92. The van der Waals surface area contributed by atoms with E-state index in [1.54, 1.807) is 31.4 Å². The first-order valence-electron chi connectivity index (χ1n) is 6.38. The second kappa shape index (κ2) is 7.36. The van der Waals surface area contributed by atoms with Crippen molar-refractivity contribution < 1.29 is 13.9 Å². The highest BCUT2D eigenvalue weighted by Gasteiger charge is 2.06. The number of aromatic nitrogens is 2. The third-order valence-electron chi connectivity index (χ3n) is 2.65. The van der Waals surface area contributed by atoms with Gasteiger partial charge in [0.25, 0.3) is 0 Å². The molecule has 0 aliphatic heterocycles. The first-order chi connectivity index (χ1) is 10.2. The van der Waals surface area contributed by atoms with Crippen LogP contribution in [-0.4, -0.2) is 36.4 Å². The number of hydrogen-bond acceptors (Lipinski definition) is 7. The third kappa shape index (κ3) is 4.55. The van der Waals surface area contributed by atoms with Crippen molar-refractivity contribution in [1.29, 1.82) is 0 Å². The molecule has 1 aromatic heterocycles. The smallest absolute Gasteiger partial charge is 0.320 e. The van der Waals surface area contributed by atoms with E-state index in [0.717, 1.165) is 5.69 Å². The van der Waals surface area contributed by atoms with Crippen LogP contribution in [0.25, 0.3) is 0 Å². The summed E-state index contributed by atoms with van der Waals surface area (Å²) >= 11 is 0. The summed E-state index contributed by atoms with van der Waals surface area (Å²) in [6.07, 6.45) is 0. The molecule has 0 atom stereocenters. The van der Waals surface area contributed by atoms with Crippen molar-refractivity contribution >= 4 is 17.6 Å². The fourth-order valence-corrected chi connectivity index (χ4v) is 1.59.